The average Bonchev–Trinajstić information content (AvgIpc) is 3.14. The van der Waals surface area contributed by atoms with Gasteiger partial charge in [0.25, 0.3) is 0 Å². The van der Waals surface area contributed by atoms with E-state index in [9.17, 15) is 0 Å². The number of nitrogens with one attached hydrogen (secondary N) is 2. The van der Waals surface area contributed by atoms with E-state index in [1.54, 1.807) is 0 Å². The lowest BCUT2D eigenvalue weighted by atomic mass is 10.2. The van der Waals surface area contributed by atoms with E-state index in [1.165, 1.54) is 0 Å². The Kier molecular flexibility index (Phi) is 11.5. The van der Waals surface area contributed by atoms with Gasteiger partial charge in [0.1, 0.15) is 5.75 Å². The summed E-state index contributed by atoms with van der Waals surface area (Å²) in [4.78, 5) is 9.06. The predicted octanol–water partition coefficient (Wildman–Crippen LogP) is 3.90. The summed E-state index contributed by atoms with van der Waals surface area (Å²) in [5, 5.41) is 10.6. The standard InChI is InChI=1S/C20H31N5O2.HI/c1-5-21-20(23-14-16-10-7-8-11-17(16)26-6-2)22-13-9-12-18-24-19(15(3)4)25-27-18;/h7-8,10-11,15H,5-6,9,12-14H2,1-4H3,(H2,21,22,23);1H. The summed E-state index contributed by atoms with van der Waals surface area (Å²) in [6.45, 7) is 10.9. The fourth-order valence-electron chi connectivity index (χ4n) is 2.49. The minimum absolute atomic E-state index is 0. The lowest BCUT2D eigenvalue weighted by Gasteiger charge is -2.12. The van der Waals surface area contributed by atoms with Crippen LogP contribution < -0.4 is 15.4 Å². The zero-order chi connectivity index (χ0) is 19.5. The summed E-state index contributed by atoms with van der Waals surface area (Å²) in [5.74, 6) is 3.41. The molecule has 2 aromatic rings. The maximum Gasteiger partial charge on any atom is 0.226 e. The Morgan fingerprint density at radius 1 is 1.21 bits per heavy atom. The molecule has 7 nitrogen and oxygen atoms in total. The number of rotatable bonds is 10. The molecule has 0 fully saturated rings. The van der Waals surface area contributed by atoms with Gasteiger partial charge in [0, 0.05) is 31.0 Å². The minimum Gasteiger partial charge on any atom is -0.494 e. The van der Waals surface area contributed by atoms with E-state index in [1.807, 2.05) is 31.2 Å². The maximum absolute atomic E-state index is 5.66. The monoisotopic (exact) mass is 501 g/mol. The van der Waals surface area contributed by atoms with E-state index in [2.05, 4.69) is 46.5 Å². The molecule has 0 saturated carbocycles. The summed E-state index contributed by atoms with van der Waals surface area (Å²) in [5.41, 5.74) is 1.07. The second kappa shape index (κ2) is 13.4. The van der Waals surface area contributed by atoms with Gasteiger partial charge in [0.15, 0.2) is 11.8 Å². The number of halogens is 1. The van der Waals surface area contributed by atoms with Crippen LogP contribution in [0.25, 0.3) is 0 Å². The van der Waals surface area contributed by atoms with E-state index in [0.717, 1.165) is 49.0 Å². The number of benzene rings is 1. The highest BCUT2D eigenvalue weighted by Crippen LogP contribution is 2.18. The smallest absolute Gasteiger partial charge is 0.226 e. The molecule has 0 bridgehead atoms. The Morgan fingerprint density at radius 2 is 2.00 bits per heavy atom. The first-order chi connectivity index (χ1) is 13.1. The van der Waals surface area contributed by atoms with Crippen molar-refractivity contribution in [3.05, 3.63) is 41.5 Å². The topological polar surface area (TPSA) is 84.6 Å². The quantitative estimate of drug-likeness (QED) is 0.222. The molecule has 0 aliphatic heterocycles. The highest BCUT2D eigenvalue weighted by atomic mass is 127. The number of aryl methyl sites for hydroxylation is 1. The van der Waals surface area contributed by atoms with Gasteiger partial charge in [0.05, 0.1) is 13.2 Å². The first kappa shape index (κ1) is 24.2. The van der Waals surface area contributed by atoms with Gasteiger partial charge in [-0.25, -0.2) is 4.99 Å². The van der Waals surface area contributed by atoms with Crippen molar-refractivity contribution >= 4 is 29.9 Å². The number of hydrogen-bond acceptors (Lipinski definition) is 5. The van der Waals surface area contributed by atoms with Crippen molar-refractivity contribution in [2.45, 2.75) is 53.0 Å². The molecule has 2 rings (SSSR count). The molecule has 0 amide bonds. The zero-order valence-electron chi connectivity index (χ0n) is 17.2. The highest BCUT2D eigenvalue weighted by Gasteiger charge is 2.09. The molecule has 1 aromatic heterocycles. The fourth-order valence-corrected chi connectivity index (χ4v) is 2.49. The fraction of sp³-hybridized carbons (Fsp3) is 0.550. The normalized spacial score (nSPS) is 11.2. The first-order valence-electron chi connectivity index (χ1n) is 9.69. The molecule has 28 heavy (non-hydrogen) atoms. The Morgan fingerprint density at radius 3 is 2.68 bits per heavy atom. The van der Waals surface area contributed by atoms with Crippen LogP contribution in [0.15, 0.2) is 33.8 Å². The van der Waals surface area contributed by atoms with Crippen LogP contribution in [0.4, 0.5) is 0 Å². The largest absolute Gasteiger partial charge is 0.494 e. The molecule has 0 saturated heterocycles. The van der Waals surface area contributed by atoms with Crippen molar-refractivity contribution in [2.75, 3.05) is 19.7 Å². The number of ether oxygens (including phenoxy) is 1. The Hall–Kier alpha value is -1.84. The molecule has 0 aliphatic carbocycles. The maximum atomic E-state index is 5.66. The van der Waals surface area contributed by atoms with E-state index in [-0.39, 0.29) is 29.9 Å². The van der Waals surface area contributed by atoms with Gasteiger partial charge in [-0.15, -0.1) is 24.0 Å². The van der Waals surface area contributed by atoms with Crippen molar-refractivity contribution in [1.82, 2.24) is 20.8 Å². The van der Waals surface area contributed by atoms with Crippen LogP contribution >= 0.6 is 24.0 Å². The number of aliphatic imine (C=N–C) groups is 1. The molecule has 0 radical (unpaired) electrons. The Balaban J connectivity index is 0.00000392. The van der Waals surface area contributed by atoms with Crippen molar-refractivity contribution in [1.29, 1.82) is 0 Å². The van der Waals surface area contributed by atoms with Gasteiger partial charge < -0.3 is 19.9 Å². The van der Waals surface area contributed by atoms with Crippen LogP contribution in [0.3, 0.4) is 0 Å². The molecule has 1 aromatic carbocycles. The highest BCUT2D eigenvalue weighted by molar-refractivity contribution is 14.0. The molecule has 1 heterocycles. The molecule has 0 atom stereocenters. The Labute approximate surface area is 184 Å². The van der Waals surface area contributed by atoms with Crippen LogP contribution in [0, 0.1) is 0 Å². The molecule has 0 aliphatic rings. The number of aromatic nitrogens is 2. The number of nitrogens with zero attached hydrogens (tertiary/aromatic N) is 3. The summed E-state index contributed by atoms with van der Waals surface area (Å²) in [7, 11) is 0. The first-order valence-corrected chi connectivity index (χ1v) is 9.69. The third kappa shape index (κ3) is 8.04. The zero-order valence-corrected chi connectivity index (χ0v) is 19.5. The number of para-hydroxylation sites is 1. The minimum atomic E-state index is 0. The lowest BCUT2D eigenvalue weighted by Crippen LogP contribution is -2.37. The third-order valence-electron chi connectivity index (χ3n) is 3.88. The molecular formula is C20H32IN5O2. The van der Waals surface area contributed by atoms with Gasteiger partial charge in [0.2, 0.25) is 5.89 Å². The average molecular weight is 501 g/mol. The second-order valence-corrected chi connectivity index (χ2v) is 6.47. The van der Waals surface area contributed by atoms with Crippen molar-refractivity contribution in [2.24, 2.45) is 4.99 Å². The third-order valence-corrected chi connectivity index (χ3v) is 3.88. The summed E-state index contributed by atoms with van der Waals surface area (Å²) >= 11 is 0. The van der Waals surface area contributed by atoms with Gasteiger partial charge >= 0.3 is 0 Å². The van der Waals surface area contributed by atoms with Crippen molar-refractivity contribution in [3.63, 3.8) is 0 Å². The van der Waals surface area contributed by atoms with Crippen LogP contribution in [0.5, 0.6) is 5.75 Å². The van der Waals surface area contributed by atoms with E-state index < -0.39 is 0 Å². The number of guanidine groups is 1. The summed E-state index contributed by atoms with van der Waals surface area (Å²) in [6.07, 6.45) is 1.64. The van der Waals surface area contributed by atoms with Crippen molar-refractivity contribution < 1.29 is 9.26 Å². The predicted molar refractivity (Wildman–Crippen MR) is 123 cm³/mol. The van der Waals surface area contributed by atoms with Crippen LogP contribution in [0.2, 0.25) is 0 Å². The second-order valence-electron chi connectivity index (χ2n) is 6.47. The molecule has 156 valence electrons. The van der Waals surface area contributed by atoms with Crippen LogP contribution in [0.1, 0.15) is 57.3 Å². The van der Waals surface area contributed by atoms with Crippen LogP contribution in [-0.2, 0) is 13.0 Å². The number of hydrogen-bond donors (Lipinski definition) is 2. The molecule has 8 heteroatoms. The van der Waals surface area contributed by atoms with Gasteiger partial charge in [-0.1, -0.05) is 37.2 Å². The summed E-state index contributed by atoms with van der Waals surface area (Å²) in [6, 6.07) is 8.00. The Bertz CT molecular complexity index is 718. The SMILES string of the molecule is CCNC(=NCc1ccccc1OCC)NCCCc1nc(C(C)C)no1.I. The van der Waals surface area contributed by atoms with Gasteiger partial charge in [-0.05, 0) is 26.3 Å². The molecular weight excluding hydrogens is 469 g/mol. The van der Waals surface area contributed by atoms with Crippen LogP contribution in [-0.4, -0.2) is 35.8 Å². The molecule has 2 N–H and O–H groups in total. The van der Waals surface area contributed by atoms with E-state index >= 15 is 0 Å². The molecule has 0 unspecified atom stereocenters. The molecule has 0 spiro atoms. The lowest BCUT2D eigenvalue weighted by molar-refractivity contribution is 0.336. The van der Waals surface area contributed by atoms with Crippen molar-refractivity contribution in [3.8, 4) is 5.75 Å². The van der Waals surface area contributed by atoms with E-state index in [0.29, 0.717) is 19.0 Å². The van der Waals surface area contributed by atoms with Gasteiger partial charge in [-0.3, -0.25) is 0 Å². The summed E-state index contributed by atoms with van der Waals surface area (Å²) < 4.78 is 10.9. The van der Waals surface area contributed by atoms with Gasteiger partial charge in [-0.2, -0.15) is 4.98 Å². The van der Waals surface area contributed by atoms with E-state index in [4.69, 9.17) is 9.26 Å².